The molecule has 0 aliphatic carbocycles. The zero-order valence-electron chi connectivity index (χ0n) is 14.1. The van der Waals surface area contributed by atoms with E-state index in [1.165, 1.54) is 18.5 Å². The molecule has 0 fully saturated rings. The number of rotatable bonds is 5. The normalized spacial score (nSPS) is 15.8. The van der Waals surface area contributed by atoms with Gasteiger partial charge in [-0.15, -0.1) is 0 Å². The van der Waals surface area contributed by atoms with Crippen LogP contribution in [-0.4, -0.2) is 32.2 Å². The molecule has 0 saturated carbocycles. The number of nitro groups is 1. The third-order valence-corrected chi connectivity index (χ3v) is 4.19. The van der Waals surface area contributed by atoms with Crippen LogP contribution in [0, 0.1) is 16.1 Å². The molecule has 0 radical (unpaired) electrons. The van der Waals surface area contributed by atoms with Gasteiger partial charge < -0.3 is 19.6 Å². The van der Waals surface area contributed by atoms with Crippen molar-refractivity contribution >= 4 is 5.82 Å². The fourth-order valence-electron chi connectivity index (χ4n) is 2.86. The Labute approximate surface area is 153 Å². The number of hydrogen-bond acceptors (Lipinski definition) is 6. The standard InChI is InChI=1S/C18H15FN4O4/c19-16-5-4-14(7-20-16)13-3-1-2-12(6-13)10-26-15-8-22-9-17(23(24)25)21-18(22)27-11-15/h1-7,9,15H,8,10-11H2/t15-/m0/s1. The monoisotopic (exact) mass is 370 g/mol. The summed E-state index contributed by atoms with van der Waals surface area (Å²) in [5.74, 6) is -0.763. The van der Waals surface area contributed by atoms with E-state index in [9.17, 15) is 14.5 Å². The van der Waals surface area contributed by atoms with Gasteiger partial charge in [-0.3, -0.25) is 4.57 Å². The first-order valence-corrected chi connectivity index (χ1v) is 8.25. The second kappa shape index (κ2) is 7.12. The molecular weight excluding hydrogens is 355 g/mol. The van der Waals surface area contributed by atoms with Crippen LogP contribution >= 0.6 is 0 Å². The maximum atomic E-state index is 13.0. The lowest BCUT2D eigenvalue weighted by Gasteiger charge is -2.22. The molecule has 8 nitrogen and oxygen atoms in total. The Bertz CT molecular complexity index is 974. The smallest absolute Gasteiger partial charge is 0.414 e. The van der Waals surface area contributed by atoms with E-state index in [2.05, 4.69) is 9.97 Å². The van der Waals surface area contributed by atoms with Crippen molar-refractivity contribution in [1.29, 1.82) is 0 Å². The van der Waals surface area contributed by atoms with Crippen LogP contribution in [-0.2, 0) is 17.9 Å². The third kappa shape index (κ3) is 3.77. The number of aromatic nitrogens is 3. The first-order chi connectivity index (χ1) is 13.1. The summed E-state index contributed by atoms with van der Waals surface area (Å²) in [6, 6.07) is 10.9. The molecular formula is C18H15FN4O4. The van der Waals surface area contributed by atoms with Crippen molar-refractivity contribution in [2.75, 3.05) is 6.61 Å². The predicted molar refractivity (Wildman–Crippen MR) is 92.6 cm³/mol. The van der Waals surface area contributed by atoms with Crippen molar-refractivity contribution in [3.8, 4) is 17.1 Å². The Morgan fingerprint density at radius 3 is 3.00 bits per heavy atom. The Morgan fingerprint density at radius 2 is 2.22 bits per heavy atom. The summed E-state index contributed by atoms with van der Waals surface area (Å²) in [7, 11) is 0. The molecule has 1 aliphatic rings. The van der Waals surface area contributed by atoms with Gasteiger partial charge in [-0.2, -0.15) is 4.39 Å². The molecule has 3 aromatic rings. The number of hydrogen-bond donors (Lipinski definition) is 0. The molecule has 0 saturated heterocycles. The van der Waals surface area contributed by atoms with Crippen LogP contribution in [0.25, 0.3) is 11.1 Å². The third-order valence-electron chi connectivity index (χ3n) is 4.19. The fraction of sp³-hybridized carbons (Fsp3) is 0.222. The molecule has 0 amide bonds. The van der Waals surface area contributed by atoms with E-state index < -0.39 is 10.9 Å². The van der Waals surface area contributed by atoms with E-state index in [-0.39, 0.29) is 24.5 Å². The summed E-state index contributed by atoms with van der Waals surface area (Å²) in [5, 5.41) is 10.8. The van der Waals surface area contributed by atoms with Gasteiger partial charge in [0.25, 0.3) is 0 Å². The number of pyridine rings is 1. The van der Waals surface area contributed by atoms with E-state index in [4.69, 9.17) is 9.47 Å². The number of imidazole rings is 1. The molecule has 138 valence electrons. The molecule has 3 heterocycles. The number of benzene rings is 1. The molecule has 1 atom stereocenters. The number of halogens is 1. The van der Waals surface area contributed by atoms with Crippen molar-refractivity contribution in [3.63, 3.8) is 0 Å². The molecule has 2 aromatic heterocycles. The Hall–Kier alpha value is -3.33. The molecule has 0 spiro atoms. The lowest BCUT2D eigenvalue weighted by molar-refractivity contribution is -0.389. The zero-order valence-corrected chi connectivity index (χ0v) is 14.1. The van der Waals surface area contributed by atoms with E-state index in [1.54, 1.807) is 10.6 Å². The van der Waals surface area contributed by atoms with Crippen molar-refractivity contribution in [3.05, 3.63) is 70.4 Å². The lowest BCUT2D eigenvalue weighted by atomic mass is 10.1. The predicted octanol–water partition coefficient (Wildman–Crippen LogP) is 2.97. The van der Waals surface area contributed by atoms with Gasteiger partial charge in [0.2, 0.25) is 5.95 Å². The number of fused-ring (bicyclic) bond motifs is 1. The average molecular weight is 370 g/mol. The van der Waals surface area contributed by atoms with Crippen LogP contribution in [0.4, 0.5) is 10.2 Å². The van der Waals surface area contributed by atoms with Gasteiger partial charge in [0.05, 0.1) is 13.2 Å². The van der Waals surface area contributed by atoms with Crippen LogP contribution in [0.1, 0.15) is 5.56 Å². The Kier molecular flexibility index (Phi) is 4.51. The second-order valence-electron chi connectivity index (χ2n) is 6.11. The molecule has 0 unspecified atom stereocenters. The van der Waals surface area contributed by atoms with Gasteiger partial charge in [0.15, 0.2) is 0 Å². The second-order valence-corrected chi connectivity index (χ2v) is 6.11. The minimum Gasteiger partial charge on any atom is -0.443 e. The van der Waals surface area contributed by atoms with Gasteiger partial charge >= 0.3 is 11.8 Å². The molecule has 27 heavy (non-hydrogen) atoms. The lowest BCUT2D eigenvalue weighted by Crippen LogP contribution is -2.32. The SMILES string of the molecule is O=[N+]([O-])c1cn2c(n1)OC[C@@H](OCc1cccc(-c3ccc(F)nc3)c1)C2. The van der Waals surface area contributed by atoms with Gasteiger partial charge in [-0.25, -0.2) is 4.98 Å². The van der Waals surface area contributed by atoms with Crippen molar-refractivity contribution < 1.29 is 18.8 Å². The molecule has 1 aromatic carbocycles. The summed E-state index contributed by atoms with van der Waals surface area (Å²) in [6.07, 6.45) is 2.58. The van der Waals surface area contributed by atoms with E-state index in [1.807, 2.05) is 24.3 Å². The van der Waals surface area contributed by atoms with Crippen LogP contribution < -0.4 is 4.74 Å². The highest BCUT2D eigenvalue weighted by Gasteiger charge is 2.28. The van der Waals surface area contributed by atoms with Gasteiger partial charge in [-0.1, -0.05) is 18.2 Å². The molecule has 0 N–H and O–H groups in total. The van der Waals surface area contributed by atoms with Gasteiger partial charge in [-0.05, 0) is 34.2 Å². The zero-order chi connectivity index (χ0) is 18.8. The van der Waals surface area contributed by atoms with Gasteiger partial charge in [0.1, 0.15) is 18.9 Å². The fourth-order valence-corrected chi connectivity index (χ4v) is 2.86. The highest BCUT2D eigenvalue weighted by atomic mass is 19.1. The topological polar surface area (TPSA) is 92.3 Å². The maximum Gasteiger partial charge on any atom is 0.414 e. The Morgan fingerprint density at radius 1 is 1.33 bits per heavy atom. The maximum absolute atomic E-state index is 13.0. The first-order valence-electron chi connectivity index (χ1n) is 8.25. The van der Waals surface area contributed by atoms with E-state index in [0.29, 0.717) is 13.2 Å². The molecule has 0 bridgehead atoms. The minimum absolute atomic E-state index is 0.229. The van der Waals surface area contributed by atoms with Crippen LogP contribution in [0.15, 0.2) is 48.8 Å². The van der Waals surface area contributed by atoms with Crippen molar-refractivity contribution in [2.45, 2.75) is 19.3 Å². The van der Waals surface area contributed by atoms with Crippen molar-refractivity contribution in [1.82, 2.24) is 14.5 Å². The van der Waals surface area contributed by atoms with Crippen LogP contribution in [0.5, 0.6) is 6.01 Å². The van der Waals surface area contributed by atoms with Gasteiger partial charge in [0, 0.05) is 16.7 Å². The van der Waals surface area contributed by atoms with E-state index in [0.717, 1.165) is 16.7 Å². The van der Waals surface area contributed by atoms with E-state index >= 15 is 0 Å². The molecule has 4 rings (SSSR count). The highest BCUT2D eigenvalue weighted by molar-refractivity contribution is 5.62. The number of nitrogens with zero attached hydrogens (tertiary/aromatic N) is 4. The Balaban J connectivity index is 1.41. The van der Waals surface area contributed by atoms with Crippen LogP contribution in [0.2, 0.25) is 0 Å². The van der Waals surface area contributed by atoms with Crippen molar-refractivity contribution in [2.24, 2.45) is 0 Å². The minimum atomic E-state index is -0.555. The van der Waals surface area contributed by atoms with Crippen LogP contribution in [0.3, 0.4) is 0 Å². The summed E-state index contributed by atoms with van der Waals surface area (Å²) < 4.78 is 25.9. The first kappa shape index (κ1) is 17.1. The summed E-state index contributed by atoms with van der Waals surface area (Å²) in [5.41, 5.74) is 2.67. The quantitative estimate of drug-likeness (QED) is 0.389. The number of ether oxygens (including phenoxy) is 2. The molecule has 9 heteroatoms. The summed E-state index contributed by atoms with van der Waals surface area (Å²) in [4.78, 5) is 17.7. The summed E-state index contributed by atoms with van der Waals surface area (Å²) >= 11 is 0. The largest absolute Gasteiger partial charge is 0.443 e. The summed E-state index contributed by atoms with van der Waals surface area (Å²) in [6.45, 7) is 1.05. The average Bonchev–Trinajstić information content (AvgIpc) is 3.11. The molecule has 1 aliphatic heterocycles. The highest BCUT2D eigenvalue weighted by Crippen LogP contribution is 2.24.